The smallest absolute Gasteiger partial charge is 0.336 e. The SMILES string of the molecule is C=C(C(=O)O)c1sccc1C. The molecule has 0 aromatic carbocycles. The molecule has 1 aromatic rings. The van der Waals surface area contributed by atoms with Gasteiger partial charge < -0.3 is 5.11 Å². The van der Waals surface area contributed by atoms with E-state index in [1.165, 1.54) is 11.3 Å². The van der Waals surface area contributed by atoms with Gasteiger partial charge in [0.15, 0.2) is 0 Å². The van der Waals surface area contributed by atoms with Gasteiger partial charge >= 0.3 is 5.97 Å². The first-order chi connectivity index (χ1) is 5.13. The number of carbonyl (C=O) groups is 1. The van der Waals surface area contributed by atoms with E-state index >= 15 is 0 Å². The first-order valence-corrected chi connectivity index (χ1v) is 3.97. The summed E-state index contributed by atoms with van der Waals surface area (Å²) in [4.78, 5) is 11.2. The molecular weight excluding hydrogens is 160 g/mol. The number of hydrogen-bond donors (Lipinski definition) is 1. The second-order valence-electron chi connectivity index (χ2n) is 2.22. The van der Waals surface area contributed by atoms with Gasteiger partial charge in [-0.2, -0.15) is 0 Å². The van der Waals surface area contributed by atoms with E-state index in [0.29, 0.717) is 0 Å². The van der Waals surface area contributed by atoms with Crippen LogP contribution in [0.2, 0.25) is 0 Å². The van der Waals surface area contributed by atoms with E-state index in [1.54, 1.807) is 0 Å². The Labute approximate surface area is 68.8 Å². The summed E-state index contributed by atoms with van der Waals surface area (Å²) in [5.41, 5.74) is 1.15. The van der Waals surface area contributed by atoms with E-state index in [0.717, 1.165) is 10.4 Å². The van der Waals surface area contributed by atoms with Crippen LogP contribution in [0.1, 0.15) is 10.4 Å². The number of thiophene rings is 1. The summed E-state index contributed by atoms with van der Waals surface area (Å²) < 4.78 is 0. The molecule has 2 nitrogen and oxygen atoms in total. The molecule has 11 heavy (non-hydrogen) atoms. The van der Waals surface area contributed by atoms with Crippen LogP contribution in [0, 0.1) is 6.92 Å². The van der Waals surface area contributed by atoms with Crippen molar-refractivity contribution in [2.75, 3.05) is 0 Å². The van der Waals surface area contributed by atoms with Crippen molar-refractivity contribution in [1.29, 1.82) is 0 Å². The molecule has 1 rings (SSSR count). The summed E-state index contributed by atoms with van der Waals surface area (Å²) in [5.74, 6) is -0.949. The van der Waals surface area contributed by atoms with Crippen LogP contribution < -0.4 is 0 Å². The molecule has 0 unspecified atom stereocenters. The topological polar surface area (TPSA) is 37.3 Å². The molecule has 0 saturated heterocycles. The molecule has 3 heteroatoms. The molecule has 0 saturated carbocycles. The van der Waals surface area contributed by atoms with E-state index < -0.39 is 5.97 Å². The van der Waals surface area contributed by atoms with Crippen LogP contribution in [0.3, 0.4) is 0 Å². The van der Waals surface area contributed by atoms with Gasteiger partial charge in [0.05, 0.1) is 5.57 Å². The van der Waals surface area contributed by atoms with Crippen molar-refractivity contribution in [3.63, 3.8) is 0 Å². The average Bonchev–Trinajstić information content (AvgIpc) is 2.33. The fourth-order valence-corrected chi connectivity index (χ4v) is 1.67. The van der Waals surface area contributed by atoms with Crippen molar-refractivity contribution in [3.05, 3.63) is 28.5 Å². The van der Waals surface area contributed by atoms with Gasteiger partial charge in [-0.05, 0) is 23.9 Å². The van der Waals surface area contributed by atoms with Crippen molar-refractivity contribution in [1.82, 2.24) is 0 Å². The molecule has 0 bridgehead atoms. The van der Waals surface area contributed by atoms with Crippen molar-refractivity contribution < 1.29 is 9.90 Å². The third kappa shape index (κ3) is 1.49. The van der Waals surface area contributed by atoms with E-state index in [4.69, 9.17) is 5.11 Å². The second kappa shape index (κ2) is 2.88. The summed E-state index contributed by atoms with van der Waals surface area (Å²) in [5, 5.41) is 10.4. The Bertz CT molecular complexity index is 299. The summed E-state index contributed by atoms with van der Waals surface area (Å²) in [6.07, 6.45) is 0. The molecule has 1 heterocycles. The predicted octanol–water partition coefficient (Wildman–Crippen LogP) is 2.15. The fraction of sp³-hybridized carbons (Fsp3) is 0.125. The molecule has 0 atom stereocenters. The zero-order chi connectivity index (χ0) is 8.43. The molecular formula is C8H8O2S. The van der Waals surface area contributed by atoms with E-state index in [1.807, 2.05) is 18.4 Å². The molecule has 1 N–H and O–H groups in total. The Hall–Kier alpha value is -1.09. The number of carboxylic acids is 1. The van der Waals surface area contributed by atoms with Crippen LogP contribution in [0.4, 0.5) is 0 Å². The van der Waals surface area contributed by atoms with Gasteiger partial charge in [0.2, 0.25) is 0 Å². The molecule has 0 aliphatic rings. The standard InChI is InChI=1S/C8H8O2S/c1-5-3-4-11-7(5)6(2)8(9)10/h3-4H,2H2,1H3,(H,9,10). The third-order valence-corrected chi connectivity index (χ3v) is 2.47. The predicted molar refractivity (Wildman–Crippen MR) is 45.7 cm³/mol. The molecule has 58 valence electrons. The minimum absolute atomic E-state index is 0.178. The van der Waals surface area contributed by atoms with Crippen LogP contribution in [-0.2, 0) is 4.79 Å². The van der Waals surface area contributed by atoms with Gasteiger partial charge in [0.1, 0.15) is 0 Å². The van der Waals surface area contributed by atoms with Gasteiger partial charge in [-0.3, -0.25) is 0 Å². The second-order valence-corrected chi connectivity index (χ2v) is 3.13. The zero-order valence-electron chi connectivity index (χ0n) is 6.13. The third-order valence-electron chi connectivity index (χ3n) is 1.39. The van der Waals surface area contributed by atoms with Gasteiger partial charge in [0, 0.05) is 4.88 Å². The highest BCUT2D eigenvalue weighted by atomic mass is 32.1. The van der Waals surface area contributed by atoms with Crippen molar-refractivity contribution >= 4 is 22.9 Å². The summed E-state index contributed by atoms with van der Waals surface area (Å²) in [6.45, 7) is 5.34. The van der Waals surface area contributed by atoms with Crippen molar-refractivity contribution in [3.8, 4) is 0 Å². The lowest BCUT2D eigenvalue weighted by Crippen LogP contribution is -1.96. The number of hydrogen-bond acceptors (Lipinski definition) is 2. The summed E-state index contributed by atoms with van der Waals surface area (Å²) in [6, 6.07) is 1.88. The number of aliphatic carboxylic acids is 1. The van der Waals surface area contributed by atoms with Gasteiger partial charge in [-0.15, -0.1) is 11.3 Å². The van der Waals surface area contributed by atoms with E-state index in [2.05, 4.69) is 6.58 Å². The van der Waals surface area contributed by atoms with Gasteiger partial charge in [-0.25, -0.2) is 4.79 Å². The Morgan fingerprint density at radius 2 is 2.36 bits per heavy atom. The zero-order valence-corrected chi connectivity index (χ0v) is 6.94. The lowest BCUT2D eigenvalue weighted by Gasteiger charge is -1.96. The first-order valence-electron chi connectivity index (χ1n) is 3.09. The number of aryl methyl sites for hydroxylation is 1. The van der Waals surface area contributed by atoms with Crippen molar-refractivity contribution in [2.45, 2.75) is 6.92 Å². The van der Waals surface area contributed by atoms with Crippen molar-refractivity contribution in [2.24, 2.45) is 0 Å². The van der Waals surface area contributed by atoms with Gasteiger partial charge in [0.25, 0.3) is 0 Å². The number of rotatable bonds is 2. The van der Waals surface area contributed by atoms with Gasteiger partial charge in [-0.1, -0.05) is 6.58 Å². The Morgan fingerprint density at radius 1 is 1.73 bits per heavy atom. The molecule has 0 radical (unpaired) electrons. The molecule has 0 fully saturated rings. The molecule has 0 aliphatic carbocycles. The average molecular weight is 168 g/mol. The summed E-state index contributed by atoms with van der Waals surface area (Å²) in [7, 11) is 0. The maximum Gasteiger partial charge on any atom is 0.336 e. The minimum Gasteiger partial charge on any atom is -0.478 e. The Kier molecular flexibility index (Phi) is 2.10. The lowest BCUT2D eigenvalue weighted by molar-refractivity contribution is -0.130. The Balaban J connectivity index is 3.02. The molecule has 0 spiro atoms. The molecule has 0 aliphatic heterocycles. The fourth-order valence-electron chi connectivity index (χ4n) is 0.779. The maximum absolute atomic E-state index is 10.5. The monoisotopic (exact) mass is 168 g/mol. The quantitative estimate of drug-likeness (QED) is 0.687. The first kappa shape index (κ1) is 8.01. The highest BCUT2D eigenvalue weighted by molar-refractivity contribution is 7.11. The van der Waals surface area contributed by atoms with Crippen LogP contribution >= 0.6 is 11.3 Å². The largest absolute Gasteiger partial charge is 0.478 e. The van der Waals surface area contributed by atoms with Crippen LogP contribution in [0.25, 0.3) is 5.57 Å². The van der Waals surface area contributed by atoms with Crippen LogP contribution in [0.5, 0.6) is 0 Å². The van der Waals surface area contributed by atoms with E-state index in [-0.39, 0.29) is 5.57 Å². The Morgan fingerprint density at radius 3 is 2.73 bits per heavy atom. The maximum atomic E-state index is 10.5. The number of carboxylic acid groups (broad SMARTS) is 1. The normalized spacial score (nSPS) is 9.55. The summed E-state index contributed by atoms with van der Waals surface area (Å²) >= 11 is 1.41. The molecule has 1 aromatic heterocycles. The van der Waals surface area contributed by atoms with E-state index in [9.17, 15) is 4.79 Å². The highest BCUT2D eigenvalue weighted by Gasteiger charge is 2.10. The van der Waals surface area contributed by atoms with Crippen LogP contribution in [-0.4, -0.2) is 11.1 Å². The lowest BCUT2D eigenvalue weighted by atomic mass is 10.2. The minimum atomic E-state index is -0.949. The highest BCUT2D eigenvalue weighted by Crippen LogP contribution is 2.23. The molecule has 0 amide bonds. The van der Waals surface area contributed by atoms with Crippen LogP contribution in [0.15, 0.2) is 18.0 Å².